The molecule has 0 aromatic heterocycles. The summed E-state index contributed by atoms with van der Waals surface area (Å²) in [6.07, 6.45) is 1.29. The summed E-state index contributed by atoms with van der Waals surface area (Å²) in [6, 6.07) is 18.0. The first kappa shape index (κ1) is 13.4. The molecule has 1 aliphatic rings. The molecule has 1 N–H and O–H groups in total. The van der Waals surface area contributed by atoms with E-state index in [0.29, 0.717) is 12.0 Å². The second-order valence-electron chi connectivity index (χ2n) is 5.99. The zero-order valence-electron chi connectivity index (χ0n) is 12.6. The van der Waals surface area contributed by atoms with E-state index >= 15 is 0 Å². The van der Waals surface area contributed by atoms with Crippen molar-refractivity contribution >= 4 is 0 Å². The molecule has 1 nitrogen and oxygen atoms in total. The first-order chi connectivity index (χ1) is 9.72. The smallest absolute Gasteiger partial charge is 0.0357 e. The molecule has 0 bridgehead atoms. The van der Waals surface area contributed by atoms with E-state index in [2.05, 4.69) is 74.7 Å². The molecule has 104 valence electrons. The number of rotatable bonds is 4. The van der Waals surface area contributed by atoms with Crippen LogP contribution in [0, 0.1) is 19.8 Å². The molecule has 0 radical (unpaired) electrons. The van der Waals surface area contributed by atoms with Crippen LogP contribution in [0.3, 0.4) is 0 Å². The summed E-state index contributed by atoms with van der Waals surface area (Å²) in [6.45, 7) is 4.46. The Morgan fingerprint density at radius 1 is 0.950 bits per heavy atom. The number of hydrogen-bond acceptors (Lipinski definition) is 1. The van der Waals surface area contributed by atoms with Crippen LogP contribution in [-0.2, 0) is 0 Å². The van der Waals surface area contributed by atoms with Gasteiger partial charge in [-0.3, -0.25) is 0 Å². The van der Waals surface area contributed by atoms with Crippen LogP contribution in [0.15, 0.2) is 48.5 Å². The van der Waals surface area contributed by atoms with Gasteiger partial charge in [0.05, 0.1) is 0 Å². The van der Waals surface area contributed by atoms with Gasteiger partial charge >= 0.3 is 0 Å². The van der Waals surface area contributed by atoms with Gasteiger partial charge in [0, 0.05) is 6.04 Å². The maximum atomic E-state index is 3.56. The molecule has 1 saturated carbocycles. The van der Waals surface area contributed by atoms with Crippen molar-refractivity contribution in [2.24, 2.45) is 5.92 Å². The van der Waals surface area contributed by atoms with E-state index < -0.39 is 0 Å². The molecule has 0 saturated heterocycles. The van der Waals surface area contributed by atoms with E-state index in [1.54, 1.807) is 0 Å². The fraction of sp³-hybridized carbons (Fsp3) is 0.368. The highest BCUT2D eigenvalue weighted by atomic mass is 14.9. The van der Waals surface area contributed by atoms with Crippen molar-refractivity contribution in [1.29, 1.82) is 0 Å². The number of nitrogens with one attached hydrogen (secondary N) is 1. The molecule has 20 heavy (non-hydrogen) atoms. The predicted molar refractivity (Wildman–Crippen MR) is 85.0 cm³/mol. The Kier molecular flexibility index (Phi) is 3.62. The summed E-state index contributed by atoms with van der Waals surface area (Å²) in [5.41, 5.74) is 5.80. The first-order valence-corrected chi connectivity index (χ1v) is 7.50. The Bertz CT molecular complexity index is 568. The van der Waals surface area contributed by atoms with Crippen LogP contribution in [0.2, 0.25) is 0 Å². The molecule has 1 heteroatoms. The van der Waals surface area contributed by atoms with Crippen LogP contribution in [0.4, 0.5) is 0 Å². The van der Waals surface area contributed by atoms with Gasteiger partial charge in [-0.25, -0.2) is 0 Å². The number of benzene rings is 2. The average molecular weight is 265 g/mol. The molecule has 3 atom stereocenters. The van der Waals surface area contributed by atoms with E-state index in [9.17, 15) is 0 Å². The highest BCUT2D eigenvalue weighted by Crippen LogP contribution is 2.54. The lowest BCUT2D eigenvalue weighted by atomic mass is 9.91. The molecule has 2 aromatic carbocycles. The van der Waals surface area contributed by atoms with Crippen LogP contribution in [0.25, 0.3) is 0 Å². The van der Waals surface area contributed by atoms with Gasteiger partial charge in [-0.15, -0.1) is 0 Å². The Morgan fingerprint density at radius 2 is 1.60 bits per heavy atom. The molecule has 1 fully saturated rings. The molecule has 0 heterocycles. The Morgan fingerprint density at radius 3 is 2.20 bits per heavy atom. The largest absolute Gasteiger partial charge is 0.313 e. The molecule has 0 spiro atoms. The maximum absolute atomic E-state index is 3.56. The Labute approximate surface area is 122 Å². The zero-order valence-corrected chi connectivity index (χ0v) is 12.6. The highest BCUT2D eigenvalue weighted by molar-refractivity contribution is 5.39. The van der Waals surface area contributed by atoms with Gasteiger partial charge < -0.3 is 5.32 Å². The zero-order chi connectivity index (χ0) is 14.1. The second kappa shape index (κ2) is 5.41. The fourth-order valence-electron chi connectivity index (χ4n) is 3.56. The van der Waals surface area contributed by atoms with E-state index in [4.69, 9.17) is 0 Å². The summed E-state index contributed by atoms with van der Waals surface area (Å²) >= 11 is 0. The third kappa shape index (κ3) is 2.38. The lowest BCUT2D eigenvalue weighted by molar-refractivity contribution is 0.513. The summed E-state index contributed by atoms with van der Waals surface area (Å²) in [5, 5.41) is 3.56. The van der Waals surface area contributed by atoms with Gasteiger partial charge in [-0.05, 0) is 61.4 Å². The summed E-state index contributed by atoms with van der Waals surface area (Å²) in [4.78, 5) is 0. The third-order valence-corrected chi connectivity index (χ3v) is 4.66. The molecular weight excluding hydrogens is 242 g/mol. The Balaban J connectivity index is 1.86. The third-order valence-electron chi connectivity index (χ3n) is 4.66. The highest BCUT2D eigenvalue weighted by Gasteiger charge is 2.44. The van der Waals surface area contributed by atoms with Gasteiger partial charge in [-0.1, -0.05) is 48.5 Å². The average Bonchev–Trinajstić information content (AvgIpc) is 3.24. The molecule has 0 amide bonds. The van der Waals surface area contributed by atoms with Crippen molar-refractivity contribution in [3.8, 4) is 0 Å². The van der Waals surface area contributed by atoms with Crippen LogP contribution in [0.1, 0.15) is 40.6 Å². The van der Waals surface area contributed by atoms with Gasteiger partial charge in [0.1, 0.15) is 0 Å². The molecule has 3 unspecified atom stereocenters. The minimum atomic E-state index is 0.474. The molecule has 2 aromatic rings. The molecule has 1 aliphatic carbocycles. The molecule has 3 rings (SSSR count). The second-order valence-corrected chi connectivity index (χ2v) is 5.99. The van der Waals surface area contributed by atoms with Crippen LogP contribution in [-0.4, -0.2) is 7.05 Å². The quantitative estimate of drug-likeness (QED) is 0.865. The molecular formula is C19H23N. The number of aryl methyl sites for hydroxylation is 2. The fourth-order valence-corrected chi connectivity index (χ4v) is 3.56. The lowest BCUT2D eigenvalue weighted by Crippen LogP contribution is -2.21. The summed E-state index contributed by atoms with van der Waals surface area (Å²) in [7, 11) is 2.09. The van der Waals surface area contributed by atoms with Crippen molar-refractivity contribution in [3.05, 3.63) is 70.8 Å². The minimum Gasteiger partial charge on any atom is -0.313 e. The number of hydrogen-bond donors (Lipinski definition) is 1. The van der Waals surface area contributed by atoms with Crippen LogP contribution < -0.4 is 5.32 Å². The van der Waals surface area contributed by atoms with Crippen molar-refractivity contribution in [3.63, 3.8) is 0 Å². The van der Waals surface area contributed by atoms with Crippen molar-refractivity contribution in [2.45, 2.75) is 32.2 Å². The molecule has 0 aliphatic heterocycles. The summed E-state index contributed by atoms with van der Waals surface area (Å²) < 4.78 is 0. The van der Waals surface area contributed by atoms with Crippen molar-refractivity contribution < 1.29 is 0 Å². The van der Waals surface area contributed by atoms with Gasteiger partial charge in [0.2, 0.25) is 0 Å². The van der Waals surface area contributed by atoms with E-state index in [0.717, 1.165) is 5.92 Å². The topological polar surface area (TPSA) is 12.0 Å². The Hall–Kier alpha value is -1.60. The van der Waals surface area contributed by atoms with E-state index in [1.165, 1.54) is 28.7 Å². The normalized spacial score (nSPS) is 22.6. The minimum absolute atomic E-state index is 0.474. The maximum Gasteiger partial charge on any atom is 0.0357 e. The van der Waals surface area contributed by atoms with Crippen LogP contribution >= 0.6 is 0 Å². The van der Waals surface area contributed by atoms with Gasteiger partial charge in [0.15, 0.2) is 0 Å². The van der Waals surface area contributed by atoms with Crippen molar-refractivity contribution in [2.75, 3.05) is 7.05 Å². The predicted octanol–water partition coefficient (Wildman–Crippen LogP) is 4.37. The first-order valence-electron chi connectivity index (χ1n) is 7.50. The SMILES string of the molecule is CNC(c1c(C)cccc1C)C1CC1c1ccccc1. The lowest BCUT2D eigenvalue weighted by Gasteiger charge is -2.21. The van der Waals surface area contributed by atoms with E-state index in [1.807, 2.05) is 0 Å². The van der Waals surface area contributed by atoms with Crippen molar-refractivity contribution in [1.82, 2.24) is 5.32 Å². The van der Waals surface area contributed by atoms with Crippen LogP contribution in [0.5, 0.6) is 0 Å². The monoisotopic (exact) mass is 265 g/mol. The van der Waals surface area contributed by atoms with Gasteiger partial charge in [-0.2, -0.15) is 0 Å². The van der Waals surface area contributed by atoms with Gasteiger partial charge in [0.25, 0.3) is 0 Å². The summed E-state index contributed by atoms with van der Waals surface area (Å²) in [5.74, 6) is 1.44. The van der Waals surface area contributed by atoms with E-state index in [-0.39, 0.29) is 0 Å². The standard InChI is InChI=1S/C19H23N/c1-13-8-7-9-14(2)18(13)19(20-3)17-12-16(17)15-10-5-4-6-11-15/h4-11,16-17,19-20H,12H2,1-3H3.